The van der Waals surface area contributed by atoms with E-state index in [4.69, 9.17) is 19.0 Å². The van der Waals surface area contributed by atoms with Gasteiger partial charge in [0.15, 0.2) is 0 Å². The van der Waals surface area contributed by atoms with Gasteiger partial charge < -0.3 is 14.0 Å². The van der Waals surface area contributed by atoms with Crippen molar-refractivity contribution in [3.8, 4) is 0 Å². The third-order valence-electron chi connectivity index (χ3n) is 5.78. The summed E-state index contributed by atoms with van der Waals surface area (Å²) in [7, 11) is -0.561. The summed E-state index contributed by atoms with van der Waals surface area (Å²) in [6.45, 7) is 13.6. The lowest BCUT2D eigenvalue weighted by Gasteiger charge is -2.32. The van der Waals surface area contributed by atoms with Crippen LogP contribution in [-0.4, -0.2) is 41.6 Å². The zero-order valence-corrected chi connectivity index (χ0v) is 20.2. The van der Waals surface area contributed by atoms with E-state index in [1.165, 1.54) is 0 Å². The Hall–Kier alpha value is -2.44. The maximum Gasteiger partial charge on any atom is 0.460 e. The van der Waals surface area contributed by atoms with Gasteiger partial charge in [-0.25, -0.2) is 4.79 Å². The van der Waals surface area contributed by atoms with Crippen LogP contribution in [0.15, 0.2) is 65.7 Å². The minimum absolute atomic E-state index is 0.269. The van der Waals surface area contributed by atoms with Crippen LogP contribution in [0.1, 0.15) is 59.6 Å². The summed E-state index contributed by atoms with van der Waals surface area (Å²) in [5.74, 6) is -0.392. The van der Waals surface area contributed by atoms with Gasteiger partial charge in [0.05, 0.1) is 16.9 Å². The largest absolute Gasteiger partial charge is 0.460 e. The van der Waals surface area contributed by atoms with Crippen molar-refractivity contribution in [3.05, 3.63) is 71.8 Å². The SMILES string of the molecule is CC(C)(C)OC(=O)C(CB1OC(C)(C)C(C)(C)O1)N=C(c1ccccc1)c1ccccc1. The third-order valence-corrected chi connectivity index (χ3v) is 5.78. The fourth-order valence-electron chi connectivity index (χ4n) is 3.48. The standard InChI is InChI=1S/C26H34BNO4/c1-24(2,3)30-23(29)21(18-27-31-25(4,5)26(6,7)32-27)28-22(19-14-10-8-11-15-19)20-16-12-9-13-17-20/h8-17,21H,18H2,1-7H3. The highest BCUT2D eigenvalue weighted by Gasteiger charge is 2.52. The first-order valence-electron chi connectivity index (χ1n) is 11.2. The minimum Gasteiger partial charge on any atom is -0.458 e. The van der Waals surface area contributed by atoms with Crippen LogP contribution in [0.5, 0.6) is 0 Å². The summed E-state index contributed by atoms with van der Waals surface area (Å²) in [5, 5.41) is 0. The van der Waals surface area contributed by atoms with Gasteiger partial charge in [-0.05, 0) is 48.5 Å². The van der Waals surface area contributed by atoms with Gasteiger partial charge in [-0.3, -0.25) is 4.99 Å². The summed E-state index contributed by atoms with van der Waals surface area (Å²) in [4.78, 5) is 18.2. The van der Waals surface area contributed by atoms with E-state index in [0.29, 0.717) is 0 Å². The highest BCUT2D eigenvalue weighted by atomic mass is 16.7. The minimum atomic E-state index is -0.778. The Balaban J connectivity index is 2.01. The van der Waals surface area contributed by atoms with Gasteiger partial charge in [0, 0.05) is 17.4 Å². The quantitative estimate of drug-likeness (QED) is 0.350. The van der Waals surface area contributed by atoms with Crippen molar-refractivity contribution in [2.75, 3.05) is 0 Å². The number of ether oxygens (including phenoxy) is 1. The lowest BCUT2D eigenvalue weighted by atomic mass is 9.80. The molecule has 0 bridgehead atoms. The molecular formula is C26H34BNO4. The van der Waals surface area contributed by atoms with Gasteiger partial charge in [-0.1, -0.05) is 60.7 Å². The second kappa shape index (κ2) is 9.20. The van der Waals surface area contributed by atoms with E-state index in [1.54, 1.807) is 0 Å². The summed E-state index contributed by atoms with van der Waals surface area (Å²) in [5.41, 5.74) is 1.00. The Labute approximate surface area is 192 Å². The predicted octanol–water partition coefficient (Wildman–Crippen LogP) is 5.33. The molecule has 1 fully saturated rings. The molecule has 5 nitrogen and oxygen atoms in total. The fraction of sp³-hybridized carbons (Fsp3) is 0.462. The molecular weight excluding hydrogens is 401 g/mol. The lowest BCUT2D eigenvalue weighted by molar-refractivity contribution is -0.155. The van der Waals surface area contributed by atoms with Crippen LogP contribution in [-0.2, 0) is 18.8 Å². The molecule has 2 aromatic rings. The van der Waals surface area contributed by atoms with Crippen LogP contribution in [0.3, 0.4) is 0 Å². The molecule has 0 saturated carbocycles. The maximum absolute atomic E-state index is 13.2. The van der Waals surface area contributed by atoms with E-state index >= 15 is 0 Å². The van der Waals surface area contributed by atoms with E-state index in [2.05, 4.69) is 0 Å². The molecule has 1 saturated heterocycles. The molecule has 6 heteroatoms. The van der Waals surface area contributed by atoms with Gasteiger partial charge in [-0.2, -0.15) is 0 Å². The van der Waals surface area contributed by atoms with Gasteiger partial charge >= 0.3 is 13.1 Å². The van der Waals surface area contributed by atoms with Crippen LogP contribution in [0, 0.1) is 0 Å². The van der Waals surface area contributed by atoms with Crippen LogP contribution in [0.25, 0.3) is 0 Å². The van der Waals surface area contributed by atoms with Crippen molar-refractivity contribution in [1.29, 1.82) is 0 Å². The summed E-state index contributed by atoms with van der Waals surface area (Å²) in [6, 6.07) is 19.0. The van der Waals surface area contributed by atoms with Crippen LogP contribution in [0.4, 0.5) is 0 Å². The molecule has 0 aliphatic carbocycles. The summed E-state index contributed by atoms with van der Waals surface area (Å²) < 4.78 is 18.1. The Kier molecular flexibility index (Phi) is 6.96. The molecule has 1 aliphatic rings. The Morgan fingerprint density at radius 2 is 1.34 bits per heavy atom. The molecule has 0 N–H and O–H groups in total. The second-order valence-corrected chi connectivity index (χ2v) is 10.2. The first-order chi connectivity index (χ1) is 14.9. The van der Waals surface area contributed by atoms with Crippen molar-refractivity contribution in [1.82, 2.24) is 0 Å². The van der Waals surface area contributed by atoms with Crippen LogP contribution in [0.2, 0.25) is 6.32 Å². The van der Waals surface area contributed by atoms with Crippen molar-refractivity contribution in [2.45, 2.75) is 77.6 Å². The molecule has 0 aromatic heterocycles. The number of hydrogen-bond donors (Lipinski definition) is 0. The average molecular weight is 435 g/mol. The van der Waals surface area contributed by atoms with E-state index in [0.717, 1.165) is 16.8 Å². The first kappa shape index (κ1) is 24.2. The Morgan fingerprint density at radius 1 is 0.906 bits per heavy atom. The van der Waals surface area contributed by atoms with Gasteiger partial charge in [0.1, 0.15) is 11.6 Å². The Morgan fingerprint density at radius 3 is 1.75 bits per heavy atom. The predicted molar refractivity (Wildman–Crippen MR) is 129 cm³/mol. The number of benzene rings is 2. The number of hydrogen-bond acceptors (Lipinski definition) is 5. The smallest absolute Gasteiger partial charge is 0.458 e. The molecule has 32 heavy (non-hydrogen) atoms. The van der Waals surface area contributed by atoms with Crippen molar-refractivity contribution in [3.63, 3.8) is 0 Å². The zero-order valence-electron chi connectivity index (χ0n) is 20.2. The molecule has 1 heterocycles. The summed E-state index contributed by atoms with van der Waals surface area (Å²) >= 11 is 0. The van der Waals surface area contributed by atoms with E-state index in [9.17, 15) is 4.79 Å². The highest BCUT2D eigenvalue weighted by molar-refractivity contribution is 6.46. The molecule has 3 rings (SSSR count). The fourth-order valence-corrected chi connectivity index (χ4v) is 3.48. The van der Waals surface area contributed by atoms with Gasteiger partial charge in [-0.15, -0.1) is 0 Å². The van der Waals surface area contributed by atoms with Crippen molar-refractivity contribution in [2.24, 2.45) is 4.99 Å². The molecule has 170 valence electrons. The van der Waals surface area contributed by atoms with Gasteiger partial charge in [0.2, 0.25) is 0 Å². The molecule has 0 spiro atoms. The molecule has 1 atom stereocenters. The van der Waals surface area contributed by atoms with Crippen LogP contribution < -0.4 is 0 Å². The number of nitrogens with zero attached hydrogens (tertiary/aromatic N) is 1. The molecule has 1 aliphatic heterocycles. The van der Waals surface area contributed by atoms with Crippen LogP contribution >= 0.6 is 0 Å². The lowest BCUT2D eigenvalue weighted by Crippen LogP contribution is -2.41. The second-order valence-electron chi connectivity index (χ2n) is 10.2. The van der Waals surface area contributed by atoms with Crippen molar-refractivity contribution < 1.29 is 18.8 Å². The monoisotopic (exact) mass is 435 g/mol. The number of carbonyl (C=O) groups excluding carboxylic acids is 1. The number of rotatable bonds is 6. The zero-order chi connectivity index (χ0) is 23.6. The molecule has 0 amide bonds. The van der Waals surface area contributed by atoms with Gasteiger partial charge in [0.25, 0.3) is 0 Å². The van der Waals surface area contributed by atoms with Crippen molar-refractivity contribution >= 4 is 18.8 Å². The van der Waals surface area contributed by atoms with E-state index in [1.807, 2.05) is 109 Å². The average Bonchev–Trinajstić information content (AvgIpc) is 2.91. The normalized spacial score (nSPS) is 18.2. The highest BCUT2D eigenvalue weighted by Crippen LogP contribution is 2.38. The molecule has 2 aromatic carbocycles. The third kappa shape index (κ3) is 5.87. The topological polar surface area (TPSA) is 57.1 Å². The van der Waals surface area contributed by atoms with E-state index in [-0.39, 0.29) is 6.32 Å². The first-order valence-corrected chi connectivity index (χ1v) is 11.2. The Bertz CT molecular complexity index is 891. The number of aliphatic imine (C=N–C) groups is 1. The number of carbonyl (C=O) groups is 1. The molecule has 1 unspecified atom stereocenters. The maximum atomic E-state index is 13.2. The number of esters is 1. The van der Waals surface area contributed by atoms with E-state index < -0.39 is 35.9 Å². The molecule has 0 radical (unpaired) electrons. The summed E-state index contributed by atoms with van der Waals surface area (Å²) in [6.07, 6.45) is 0.269.